The molecule has 0 saturated carbocycles. The van der Waals surface area contributed by atoms with Crippen LogP contribution in [0.2, 0.25) is 0 Å². The van der Waals surface area contributed by atoms with E-state index in [1.165, 1.54) is 0 Å². The van der Waals surface area contributed by atoms with Gasteiger partial charge in [0.2, 0.25) is 5.91 Å². The Morgan fingerprint density at radius 2 is 1.10 bits per heavy atom. The van der Waals surface area contributed by atoms with Crippen LogP contribution < -0.4 is 5.32 Å². The fourth-order valence-electron chi connectivity index (χ4n) is 5.62. The van der Waals surface area contributed by atoms with E-state index in [-0.39, 0.29) is 32.3 Å². The van der Waals surface area contributed by atoms with Crippen LogP contribution in [-0.4, -0.2) is 69.3 Å². The minimum atomic E-state index is -0.887. The van der Waals surface area contributed by atoms with E-state index in [0.29, 0.717) is 31.6 Å². The van der Waals surface area contributed by atoms with Gasteiger partial charge in [-0.05, 0) is 35.2 Å². The van der Waals surface area contributed by atoms with Crippen molar-refractivity contribution in [3.05, 3.63) is 144 Å². The minimum absolute atomic E-state index is 0.0596. The summed E-state index contributed by atoms with van der Waals surface area (Å²) in [6.45, 7) is 1.56. The Kier molecular flexibility index (Phi) is 14.3. The van der Waals surface area contributed by atoms with Crippen LogP contribution in [0.4, 0.5) is 0 Å². The first-order chi connectivity index (χ1) is 24.1. The number of carbonyl (C=O) groups is 2. The molecule has 9 nitrogen and oxygen atoms in total. The van der Waals surface area contributed by atoms with Crippen molar-refractivity contribution in [3.63, 3.8) is 0 Å². The molecule has 0 bridgehead atoms. The highest BCUT2D eigenvalue weighted by molar-refractivity contribution is 5.89. The Morgan fingerprint density at radius 3 is 1.67 bits per heavy atom. The zero-order valence-electron chi connectivity index (χ0n) is 27.9. The molecule has 1 saturated heterocycles. The van der Waals surface area contributed by atoms with Crippen LogP contribution in [0.25, 0.3) is 0 Å². The van der Waals surface area contributed by atoms with Crippen LogP contribution in [0.15, 0.2) is 121 Å². The van der Waals surface area contributed by atoms with Crippen molar-refractivity contribution in [1.82, 2.24) is 5.32 Å². The van der Waals surface area contributed by atoms with E-state index in [1.807, 2.05) is 97.1 Å². The lowest BCUT2D eigenvalue weighted by atomic mass is 9.94. The first-order valence-corrected chi connectivity index (χ1v) is 16.7. The Bertz CT molecular complexity index is 1520. The number of esters is 1. The topological polar surface area (TPSA) is 102 Å². The van der Waals surface area contributed by atoms with Gasteiger partial charge in [0.05, 0.1) is 38.6 Å². The van der Waals surface area contributed by atoms with Gasteiger partial charge in [-0.3, -0.25) is 4.79 Å². The average Bonchev–Trinajstić information content (AvgIpc) is 3.15. The summed E-state index contributed by atoms with van der Waals surface area (Å²) < 4.78 is 38.5. The third-order valence-corrected chi connectivity index (χ3v) is 8.20. The largest absolute Gasteiger partial charge is 0.453 e. The van der Waals surface area contributed by atoms with Gasteiger partial charge in [-0.15, -0.1) is 0 Å². The predicted octanol–water partition coefficient (Wildman–Crippen LogP) is 5.91. The molecule has 0 aromatic heterocycles. The summed E-state index contributed by atoms with van der Waals surface area (Å²) in [7, 11) is 1.61. The lowest BCUT2D eigenvalue weighted by Crippen LogP contribution is -2.62. The molecule has 1 aliphatic heterocycles. The van der Waals surface area contributed by atoms with E-state index in [4.69, 9.17) is 28.4 Å². The second-order valence-corrected chi connectivity index (χ2v) is 11.8. The Hall–Kier alpha value is -4.38. The van der Waals surface area contributed by atoms with Crippen molar-refractivity contribution in [1.29, 1.82) is 0 Å². The zero-order chi connectivity index (χ0) is 34.1. The summed E-state index contributed by atoms with van der Waals surface area (Å²) >= 11 is 0. The summed E-state index contributed by atoms with van der Waals surface area (Å²) in [5.74, 6) is -0.566. The molecule has 1 fully saturated rings. The van der Waals surface area contributed by atoms with Crippen LogP contribution in [0, 0.1) is 0 Å². The molecule has 1 aliphatic rings. The number of benzene rings is 4. The number of carbonyl (C=O) groups excluding carboxylic acids is 2. The summed E-state index contributed by atoms with van der Waals surface area (Å²) in [5.41, 5.74) is 3.38. The molecule has 9 heteroatoms. The molecule has 0 aliphatic carbocycles. The van der Waals surface area contributed by atoms with E-state index >= 15 is 0 Å². The first-order valence-electron chi connectivity index (χ1n) is 16.7. The monoisotopic (exact) mass is 667 g/mol. The second kappa shape index (κ2) is 19.6. The van der Waals surface area contributed by atoms with Gasteiger partial charge in [-0.2, -0.15) is 0 Å². The maximum atomic E-state index is 13.6. The first kappa shape index (κ1) is 35.9. The van der Waals surface area contributed by atoms with Gasteiger partial charge in [0.1, 0.15) is 24.4 Å². The van der Waals surface area contributed by atoms with Gasteiger partial charge < -0.3 is 33.7 Å². The lowest BCUT2D eigenvalue weighted by molar-refractivity contribution is -0.267. The van der Waals surface area contributed by atoms with E-state index in [2.05, 4.69) is 5.32 Å². The Balaban J connectivity index is 1.43. The van der Waals surface area contributed by atoms with Crippen LogP contribution in [0.1, 0.15) is 39.9 Å². The molecule has 5 rings (SSSR count). The van der Waals surface area contributed by atoms with Gasteiger partial charge >= 0.3 is 5.97 Å². The molecule has 0 radical (unpaired) electrons. The van der Waals surface area contributed by atoms with Crippen LogP contribution in [0.3, 0.4) is 0 Å². The van der Waals surface area contributed by atoms with Crippen molar-refractivity contribution in [2.24, 2.45) is 0 Å². The summed E-state index contributed by atoms with van der Waals surface area (Å²) in [6, 6.07) is 38.4. The van der Waals surface area contributed by atoms with Gasteiger partial charge in [0, 0.05) is 20.1 Å². The van der Waals surface area contributed by atoms with Gasteiger partial charge in [-0.25, -0.2) is 4.79 Å². The molecule has 4 aromatic rings. The highest BCUT2D eigenvalue weighted by Gasteiger charge is 2.50. The minimum Gasteiger partial charge on any atom is -0.453 e. The van der Waals surface area contributed by atoms with Gasteiger partial charge in [0.25, 0.3) is 0 Å². The molecule has 1 N–H and O–H groups in total. The zero-order valence-corrected chi connectivity index (χ0v) is 27.9. The van der Waals surface area contributed by atoms with Gasteiger partial charge in [-0.1, -0.05) is 109 Å². The van der Waals surface area contributed by atoms with Crippen molar-refractivity contribution in [3.8, 4) is 0 Å². The normalized spacial score (nSPS) is 20.4. The molecule has 258 valence electrons. The fourth-order valence-corrected chi connectivity index (χ4v) is 5.62. The van der Waals surface area contributed by atoms with Gasteiger partial charge in [0.15, 0.2) is 6.10 Å². The molecule has 1 heterocycles. The molecule has 5 atom stereocenters. The van der Waals surface area contributed by atoms with Crippen LogP contribution >= 0.6 is 0 Å². The summed E-state index contributed by atoms with van der Waals surface area (Å²) in [4.78, 5) is 25.3. The summed E-state index contributed by atoms with van der Waals surface area (Å²) in [5, 5.41) is 2.63. The number of hydrogen-bond acceptors (Lipinski definition) is 8. The van der Waals surface area contributed by atoms with E-state index in [0.717, 1.165) is 16.7 Å². The highest BCUT2D eigenvalue weighted by atomic mass is 16.6. The highest BCUT2D eigenvalue weighted by Crippen LogP contribution is 2.31. The predicted molar refractivity (Wildman–Crippen MR) is 185 cm³/mol. The molecular formula is C40H45NO8. The Morgan fingerprint density at radius 1 is 0.612 bits per heavy atom. The molecule has 1 amide bonds. The molecule has 0 spiro atoms. The van der Waals surface area contributed by atoms with Crippen LogP contribution in [0.5, 0.6) is 0 Å². The Labute approximate surface area is 288 Å². The molecule has 49 heavy (non-hydrogen) atoms. The third kappa shape index (κ3) is 11.3. The molecule has 3 unspecified atom stereocenters. The van der Waals surface area contributed by atoms with Crippen molar-refractivity contribution < 1.29 is 38.0 Å². The maximum absolute atomic E-state index is 13.6. The number of hydrogen-bond donors (Lipinski definition) is 1. The van der Waals surface area contributed by atoms with E-state index in [9.17, 15) is 9.59 Å². The standard InChI is InChI=1S/C40H45NO8/c1-41-36(42)23-14-24-44-28-35-38(49-40(43)33-21-12-5-13-22-33)39(47-27-32-19-10-4-11-20-32)37(46-26-31-17-8-3-9-18-31)34(48-35)29-45-25-30-15-6-2-7-16-30/h2-13,15-22,34-35,37-39H,14,23-29H2,1H3,(H,41,42)/t34-,35+,37?,38?,39?/m1/s1. The number of nitrogens with one attached hydrogen (secondary N) is 1. The number of rotatable bonds is 18. The van der Waals surface area contributed by atoms with Crippen molar-refractivity contribution in [2.45, 2.75) is 63.2 Å². The lowest BCUT2D eigenvalue weighted by Gasteiger charge is -2.45. The number of ether oxygens (including phenoxy) is 6. The number of amides is 1. The average molecular weight is 668 g/mol. The summed E-state index contributed by atoms with van der Waals surface area (Å²) in [6.07, 6.45) is -2.73. The van der Waals surface area contributed by atoms with E-state index in [1.54, 1.807) is 31.3 Å². The van der Waals surface area contributed by atoms with Crippen molar-refractivity contribution in [2.75, 3.05) is 26.9 Å². The quantitative estimate of drug-likeness (QED) is 0.103. The smallest absolute Gasteiger partial charge is 0.338 e. The molecule has 4 aromatic carbocycles. The van der Waals surface area contributed by atoms with Crippen molar-refractivity contribution >= 4 is 11.9 Å². The second-order valence-electron chi connectivity index (χ2n) is 11.8. The third-order valence-electron chi connectivity index (χ3n) is 8.20. The SMILES string of the molecule is CNC(=O)CCCOC[C@@H]1O[C@H](COCc2ccccc2)C(OCc2ccccc2)C(OCc2ccccc2)C1OC(=O)c1ccccc1. The van der Waals surface area contributed by atoms with Crippen LogP contribution in [-0.2, 0) is 53.0 Å². The molecular weight excluding hydrogens is 622 g/mol. The maximum Gasteiger partial charge on any atom is 0.338 e. The van der Waals surface area contributed by atoms with E-state index < -0.39 is 36.5 Å². The fraction of sp³-hybridized carbons (Fsp3) is 0.350.